The summed E-state index contributed by atoms with van der Waals surface area (Å²) < 4.78 is 14.4. The first-order valence-electron chi connectivity index (χ1n) is 9.64. The van der Waals surface area contributed by atoms with Gasteiger partial charge in [-0.25, -0.2) is 4.39 Å². The van der Waals surface area contributed by atoms with Gasteiger partial charge < -0.3 is 4.90 Å². The van der Waals surface area contributed by atoms with Gasteiger partial charge in [0.05, 0.1) is 16.7 Å². The van der Waals surface area contributed by atoms with Crippen molar-refractivity contribution in [3.05, 3.63) is 94.3 Å². The fourth-order valence-corrected chi connectivity index (χ4v) is 4.09. The van der Waals surface area contributed by atoms with Crippen molar-refractivity contribution in [3.8, 4) is 0 Å². The maximum Gasteiger partial charge on any atom is 0.272 e. The molecule has 0 spiro atoms. The van der Waals surface area contributed by atoms with Crippen LogP contribution in [0.4, 0.5) is 15.8 Å². The molecule has 1 saturated heterocycles. The van der Waals surface area contributed by atoms with Gasteiger partial charge in [0.15, 0.2) is 5.82 Å². The number of pyridine rings is 2. The molecule has 6 nitrogen and oxygen atoms in total. The molecule has 0 N–H and O–H groups in total. The van der Waals surface area contributed by atoms with Gasteiger partial charge in [0.2, 0.25) is 0 Å². The fraction of sp³-hybridized carbons (Fsp3) is 0.273. The predicted octanol–water partition coefficient (Wildman–Crippen LogP) is 4.57. The molecule has 0 saturated carbocycles. The van der Waals surface area contributed by atoms with E-state index in [4.69, 9.17) is 0 Å². The van der Waals surface area contributed by atoms with Crippen LogP contribution in [0.3, 0.4) is 0 Å². The lowest BCUT2D eigenvalue weighted by atomic mass is 9.79. The number of hydrogen-bond donors (Lipinski definition) is 0. The molecule has 0 bridgehead atoms. The fourth-order valence-electron chi connectivity index (χ4n) is 4.09. The summed E-state index contributed by atoms with van der Waals surface area (Å²) >= 11 is 0. The van der Waals surface area contributed by atoms with E-state index in [0.717, 1.165) is 30.3 Å². The quantitative estimate of drug-likeness (QED) is 0.470. The predicted molar refractivity (Wildman–Crippen MR) is 108 cm³/mol. The van der Waals surface area contributed by atoms with Crippen LogP contribution in [0.5, 0.6) is 0 Å². The lowest BCUT2D eigenvalue weighted by molar-refractivity contribution is -0.385. The van der Waals surface area contributed by atoms with Gasteiger partial charge in [0.1, 0.15) is 0 Å². The molecular weight excluding hydrogens is 371 g/mol. The summed E-state index contributed by atoms with van der Waals surface area (Å²) in [5, 5.41) is 10.8. The number of aromatic nitrogens is 2. The van der Waals surface area contributed by atoms with E-state index >= 15 is 0 Å². The molecular formula is C22H21FN4O2. The van der Waals surface area contributed by atoms with E-state index in [9.17, 15) is 14.5 Å². The number of nitrogens with zero attached hydrogens (tertiary/aromatic N) is 4. The molecule has 1 fully saturated rings. The van der Waals surface area contributed by atoms with E-state index in [-0.39, 0.29) is 11.6 Å². The van der Waals surface area contributed by atoms with Crippen molar-refractivity contribution in [1.29, 1.82) is 0 Å². The zero-order chi connectivity index (χ0) is 20.2. The second-order valence-electron chi connectivity index (χ2n) is 7.20. The van der Waals surface area contributed by atoms with Crippen LogP contribution in [0.15, 0.2) is 67.0 Å². The molecule has 0 unspecified atom stereocenters. The number of nitro benzene ring substituents is 1. The lowest BCUT2D eigenvalue weighted by Gasteiger charge is -2.37. The van der Waals surface area contributed by atoms with E-state index in [1.807, 2.05) is 41.3 Å². The molecule has 3 aromatic rings. The highest BCUT2D eigenvalue weighted by molar-refractivity contribution is 5.52. The number of halogens is 1. The van der Waals surface area contributed by atoms with E-state index in [2.05, 4.69) is 9.97 Å². The molecule has 0 aliphatic carbocycles. The van der Waals surface area contributed by atoms with Crippen LogP contribution < -0.4 is 4.90 Å². The summed E-state index contributed by atoms with van der Waals surface area (Å²) in [7, 11) is 0. The van der Waals surface area contributed by atoms with Crippen LogP contribution in [0.25, 0.3) is 0 Å². The van der Waals surface area contributed by atoms with Crippen molar-refractivity contribution in [3.63, 3.8) is 0 Å². The number of anilines is 1. The summed E-state index contributed by atoms with van der Waals surface area (Å²) in [4.78, 5) is 21.4. The van der Waals surface area contributed by atoms with Crippen LogP contribution >= 0.6 is 0 Å². The van der Waals surface area contributed by atoms with E-state index < -0.39 is 10.7 Å². The Hall–Kier alpha value is -3.35. The first-order valence-corrected chi connectivity index (χ1v) is 9.64. The highest BCUT2D eigenvalue weighted by Crippen LogP contribution is 2.37. The Balaban J connectivity index is 1.54. The zero-order valence-corrected chi connectivity index (χ0v) is 15.8. The normalized spacial score (nSPS) is 14.9. The van der Waals surface area contributed by atoms with Crippen molar-refractivity contribution in [2.75, 3.05) is 18.0 Å². The number of rotatable bonds is 5. The SMILES string of the molecule is O=[N+]([O-])c1ccc(N2CCC(C(c3ccccn3)c3ccccn3)CC2)c(F)c1. The summed E-state index contributed by atoms with van der Waals surface area (Å²) in [6, 6.07) is 15.7. The topological polar surface area (TPSA) is 72.2 Å². The second kappa shape index (κ2) is 8.34. The minimum atomic E-state index is -0.580. The van der Waals surface area contributed by atoms with Crippen molar-refractivity contribution in [2.24, 2.45) is 5.92 Å². The molecule has 4 rings (SSSR count). The average Bonchev–Trinajstić information content (AvgIpc) is 2.76. The molecule has 2 aromatic heterocycles. The average molecular weight is 392 g/mol. The third kappa shape index (κ3) is 4.08. The van der Waals surface area contributed by atoms with Gasteiger partial charge in [-0.1, -0.05) is 12.1 Å². The third-order valence-electron chi connectivity index (χ3n) is 5.51. The molecule has 1 aliphatic rings. The molecule has 0 radical (unpaired) electrons. The van der Waals surface area contributed by atoms with Crippen LogP contribution in [0.1, 0.15) is 30.1 Å². The molecule has 29 heavy (non-hydrogen) atoms. The Bertz CT molecular complexity index is 937. The third-order valence-corrected chi connectivity index (χ3v) is 5.51. The highest BCUT2D eigenvalue weighted by Gasteiger charge is 2.31. The summed E-state index contributed by atoms with van der Waals surface area (Å²) in [6.45, 7) is 1.35. The smallest absolute Gasteiger partial charge is 0.272 e. The minimum Gasteiger partial charge on any atom is -0.369 e. The van der Waals surface area contributed by atoms with Gasteiger partial charge in [-0.2, -0.15) is 0 Å². The first-order chi connectivity index (χ1) is 14.1. The van der Waals surface area contributed by atoms with Crippen LogP contribution in [-0.2, 0) is 0 Å². The van der Waals surface area contributed by atoms with Crippen LogP contribution in [-0.4, -0.2) is 28.0 Å². The largest absolute Gasteiger partial charge is 0.369 e. The Morgan fingerprint density at radius 3 is 2.10 bits per heavy atom. The molecule has 1 aromatic carbocycles. The summed E-state index contributed by atoms with van der Waals surface area (Å²) in [5.41, 5.74) is 2.17. The van der Waals surface area contributed by atoms with E-state index in [0.29, 0.717) is 24.7 Å². The minimum absolute atomic E-state index is 0.0845. The number of benzene rings is 1. The van der Waals surface area contributed by atoms with Crippen molar-refractivity contribution in [2.45, 2.75) is 18.8 Å². The lowest BCUT2D eigenvalue weighted by Crippen LogP contribution is -2.36. The van der Waals surface area contributed by atoms with Crippen molar-refractivity contribution < 1.29 is 9.31 Å². The monoisotopic (exact) mass is 392 g/mol. The molecule has 3 heterocycles. The van der Waals surface area contributed by atoms with Crippen LogP contribution in [0, 0.1) is 21.8 Å². The number of piperidine rings is 1. The van der Waals surface area contributed by atoms with Gasteiger partial charge in [-0.3, -0.25) is 20.1 Å². The van der Waals surface area contributed by atoms with Gasteiger partial charge in [-0.05, 0) is 49.1 Å². The van der Waals surface area contributed by atoms with Gasteiger partial charge in [0.25, 0.3) is 5.69 Å². The second-order valence-corrected chi connectivity index (χ2v) is 7.20. The summed E-state index contributed by atoms with van der Waals surface area (Å²) in [6.07, 6.45) is 5.31. The Morgan fingerprint density at radius 2 is 1.62 bits per heavy atom. The Morgan fingerprint density at radius 1 is 1.00 bits per heavy atom. The van der Waals surface area contributed by atoms with Gasteiger partial charge in [0, 0.05) is 48.9 Å². The molecule has 7 heteroatoms. The van der Waals surface area contributed by atoms with E-state index in [1.54, 1.807) is 12.4 Å². The number of nitro groups is 1. The van der Waals surface area contributed by atoms with Gasteiger partial charge in [-0.15, -0.1) is 0 Å². The maximum atomic E-state index is 14.4. The Labute approximate surface area is 168 Å². The molecule has 0 amide bonds. The van der Waals surface area contributed by atoms with Crippen LogP contribution in [0.2, 0.25) is 0 Å². The zero-order valence-electron chi connectivity index (χ0n) is 15.8. The van der Waals surface area contributed by atoms with E-state index in [1.165, 1.54) is 12.1 Å². The Kier molecular flexibility index (Phi) is 5.46. The highest BCUT2D eigenvalue weighted by atomic mass is 19.1. The van der Waals surface area contributed by atoms with Crippen molar-refractivity contribution in [1.82, 2.24) is 9.97 Å². The standard InChI is InChI=1S/C22H21FN4O2/c23-18-15-17(27(28)29)7-8-21(18)26-13-9-16(10-14-26)22(19-5-1-3-11-24-19)20-6-2-4-12-25-20/h1-8,11-12,15-16,22H,9-10,13-14H2. The van der Waals surface area contributed by atoms with Crippen molar-refractivity contribution >= 4 is 11.4 Å². The number of hydrogen-bond acceptors (Lipinski definition) is 5. The molecule has 148 valence electrons. The molecule has 1 aliphatic heterocycles. The molecule has 0 atom stereocenters. The number of non-ortho nitro benzene ring substituents is 1. The van der Waals surface area contributed by atoms with Gasteiger partial charge >= 0.3 is 0 Å². The first kappa shape index (κ1) is 19.0. The summed E-state index contributed by atoms with van der Waals surface area (Å²) in [5.74, 6) is -0.137. The maximum absolute atomic E-state index is 14.4.